The number of aliphatic hydroxyl groups excluding tert-OH is 2. The summed E-state index contributed by atoms with van der Waals surface area (Å²) in [4.78, 5) is 24.5. The molecule has 2 unspecified atom stereocenters. The molecular weight excluding hydrogens is 707 g/mol. The van der Waals surface area contributed by atoms with Crippen LogP contribution in [0.25, 0.3) is 0 Å². The summed E-state index contributed by atoms with van der Waals surface area (Å²) in [6, 6.07) is -0.555. The SMILES string of the molecule is CCCCC/C=C\C/C=C\CCCCCCCCCC(=O)OCCCCCCCCCCCCCC(=O)NC(CO)C(O)CCCCCCCCCCCCCC. The monoisotopic (exact) mass is 804 g/mol. The van der Waals surface area contributed by atoms with Crippen LogP contribution in [-0.2, 0) is 14.3 Å². The molecule has 0 aliphatic carbocycles. The zero-order valence-corrected chi connectivity index (χ0v) is 38.1. The van der Waals surface area contributed by atoms with Crippen LogP contribution in [0.1, 0.15) is 264 Å². The normalized spacial score (nSPS) is 12.8. The highest BCUT2D eigenvalue weighted by Gasteiger charge is 2.20. The van der Waals surface area contributed by atoms with Gasteiger partial charge in [0.1, 0.15) is 0 Å². The van der Waals surface area contributed by atoms with E-state index >= 15 is 0 Å². The second kappa shape index (κ2) is 47.0. The number of nitrogens with one attached hydrogen (secondary N) is 1. The van der Waals surface area contributed by atoms with Gasteiger partial charge in [-0.25, -0.2) is 0 Å². The van der Waals surface area contributed by atoms with Crippen LogP contribution in [-0.4, -0.2) is 47.4 Å². The first-order valence-electron chi connectivity index (χ1n) is 25.1. The van der Waals surface area contributed by atoms with Crippen molar-refractivity contribution in [1.82, 2.24) is 5.32 Å². The van der Waals surface area contributed by atoms with Crippen molar-refractivity contribution < 1.29 is 24.5 Å². The first kappa shape index (κ1) is 55.3. The molecule has 0 rings (SSSR count). The van der Waals surface area contributed by atoms with Crippen LogP contribution < -0.4 is 5.32 Å². The predicted octanol–water partition coefficient (Wildman–Crippen LogP) is 14.7. The van der Waals surface area contributed by atoms with Gasteiger partial charge in [0, 0.05) is 12.8 Å². The largest absolute Gasteiger partial charge is 0.466 e. The Morgan fingerprint density at radius 3 is 1.37 bits per heavy atom. The van der Waals surface area contributed by atoms with E-state index in [-0.39, 0.29) is 18.5 Å². The number of amides is 1. The number of carbonyl (C=O) groups excluding carboxylic acids is 2. The van der Waals surface area contributed by atoms with Crippen molar-refractivity contribution in [3.63, 3.8) is 0 Å². The zero-order chi connectivity index (χ0) is 41.5. The van der Waals surface area contributed by atoms with Crippen molar-refractivity contribution in [3.8, 4) is 0 Å². The third kappa shape index (κ3) is 43.7. The maximum Gasteiger partial charge on any atom is 0.305 e. The number of allylic oxidation sites excluding steroid dienone is 4. The number of rotatable bonds is 46. The summed E-state index contributed by atoms with van der Waals surface area (Å²) in [6.45, 7) is 4.87. The minimum absolute atomic E-state index is 0.0217. The van der Waals surface area contributed by atoms with Gasteiger partial charge in [0.05, 0.1) is 25.4 Å². The first-order chi connectivity index (χ1) is 28.0. The van der Waals surface area contributed by atoms with Crippen LogP contribution in [0.15, 0.2) is 24.3 Å². The standard InChI is InChI=1S/C51H97NO5/c1-3-5-7-9-11-13-15-17-18-19-20-21-25-29-33-37-41-45-51(56)57-46-42-38-34-30-26-22-24-28-32-36-40-44-50(55)52-48(47-53)49(54)43-39-35-31-27-23-16-14-12-10-8-6-4-2/h11,13,17-18,48-49,53-54H,3-10,12,14-16,19-47H2,1-2H3,(H,52,55)/b13-11-,18-17-. The quantitative estimate of drug-likeness (QED) is 0.0324. The minimum atomic E-state index is -0.675. The van der Waals surface area contributed by atoms with Crippen LogP contribution in [0, 0.1) is 0 Å². The van der Waals surface area contributed by atoms with E-state index in [2.05, 4.69) is 43.5 Å². The Balaban J connectivity index is 3.46. The molecule has 0 bridgehead atoms. The Morgan fingerprint density at radius 1 is 0.491 bits per heavy atom. The molecule has 0 radical (unpaired) electrons. The third-order valence-corrected chi connectivity index (χ3v) is 11.5. The zero-order valence-electron chi connectivity index (χ0n) is 38.1. The summed E-state index contributed by atoms with van der Waals surface area (Å²) in [6.07, 6.45) is 54.2. The van der Waals surface area contributed by atoms with E-state index < -0.39 is 12.1 Å². The summed E-state index contributed by atoms with van der Waals surface area (Å²) in [5.74, 6) is -0.0769. The highest BCUT2D eigenvalue weighted by Crippen LogP contribution is 2.16. The fourth-order valence-electron chi connectivity index (χ4n) is 7.61. The molecule has 0 aromatic heterocycles. The number of carbonyl (C=O) groups is 2. The highest BCUT2D eigenvalue weighted by atomic mass is 16.5. The van der Waals surface area contributed by atoms with Crippen LogP contribution in [0.4, 0.5) is 0 Å². The molecule has 3 N–H and O–H groups in total. The average Bonchev–Trinajstić information content (AvgIpc) is 3.21. The molecule has 0 saturated heterocycles. The molecule has 336 valence electrons. The Labute approximate surface area is 354 Å². The van der Waals surface area contributed by atoms with Gasteiger partial charge in [-0.3, -0.25) is 9.59 Å². The van der Waals surface area contributed by atoms with E-state index in [4.69, 9.17) is 4.74 Å². The van der Waals surface area contributed by atoms with Gasteiger partial charge in [-0.15, -0.1) is 0 Å². The molecule has 0 aromatic rings. The van der Waals surface area contributed by atoms with Gasteiger partial charge in [0.15, 0.2) is 0 Å². The summed E-state index contributed by atoms with van der Waals surface area (Å²) in [5.41, 5.74) is 0. The molecule has 0 heterocycles. The molecule has 0 aliphatic rings. The molecule has 0 aliphatic heterocycles. The lowest BCUT2D eigenvalue weighted by Crippen LogP contribution is -2.45. The molecular formula is C51H97NO5. The number of hydrogen-bond acceptors (Lipinski definition) is 5. The number of unbranched alkanes of at least 4 members (excludes halogenated alkanes) is 31. The van der Waals surface area contributed by atoms with Gasteiger partial charge in [-0.1, -0.05) is 218 Å². The van der Waals surface area contributed by atoms with Crippen molar-refractivity contribution in [2.45, 2.75) is 276 Å². The van der Waals surface area contributed by atoms with Gasteiger partial charge in [-0.2, -0.15) is 0 Å². The van der Waals surface area contributed by atoms with Gasteiger partial charge in [0.25, 0.3) is 0 Å². The van der Waals surface area contributed by atoms with Gasteiger partial charge >= 0.3 is 5.97 Å². The third-order valence-electron chi connectivity index (χ3n) is 11.5. The van der Waals surface area contributed by atoms with E-state index in [0.717, 1.165) is 64.2 Å². The Kier molecular flexibility index (Phi) is 45.7. The van der Waals surface area contributed by atoms with E-state index in [0.29, 0.717) is 25.9 Å². The Hall–Kier alpha value is -1.66. The molecule has 6 heteroatoms. The summed E-state index contributed by atoms with van der Waals surface area (Å²) in [5, 5.41) is 23.1. The van der Waals surface area contributed by atoms with E-state index in [1.807, 2.05) is 0 Å². The summed E-state index contributed by atoms with van der Waals surface area (Å²) < 4.78 is 5.46. The second-order valence-electron chi connectivity index (χ2n) is 17.1. The van der Waals surface area contributed by atoms with Crippen molar-refractivity contribution >= 4 is 11.9 Å². The van der Waals surface area contributed by atoms with Gasteiger partial charge < -0.3 is 20.3 Å². The van der Waals surface area contributed by atoms with Crippen LogP contribution >= 0.6 is 0 Å². The molecule has 0 aromatic carbocycles. The van der Waals surface area contributed by atoms with Gasteiger partial charge in [-0.05, 0) is 57.8 Å². The molecule has 0 spiro atoms. The molecule has 0 fully saturated rings. The lowest BCUT2D eigenvalue weighted by Gasteiger charge is -2.22. The summed E-state index contributed by atoms with van der Waals surface area (Å²) in [7, 11) is 0. The second-order valence-corrected chi connectivity index (χ2v) is 17.1. The minimum Gasteiger partial charge on any atom is -0.466 e. The average molecular weight is 804 g/mol. The van der Waals surface area contributed by atoms with Gasteiger partial charge in [0.2, 0.25) is 5.91 Å². The molecule has 1 amide bonds. The summed E-state index contributed by atoms with van der Waals surface area (Å²) >= 11 is 0. The highest BCUT2D eigenvalue weighted by molar-refractivity contribution is 5.76. The van der Waals surface area contributed by atoms with Crippen LogP contribution in [0.2, 0.25) is 0 Å². The van der Waals surface area contributed by atoms with Crippen molar-refractivity contribution in [2.75, 3.05) is 13.2 Å². The molecule has 2 atom stereocenters. The fourth-order valence-corrected chi connectivity index (χ4v) is 7.61. The van der Waals surface area contributed by atoms with E-state index in [1.54, 1.807) is 0 Å². The fraction of sp³-hybridized carbons (Fsp3) is 0.882. The molecule has 0 saturated carbocycles. The topological polar surface area (TPSA) is 95.9 Å². The maximum absolute atomic E-state index is 12.4. The Morgan fingerprint density at radius 2 is 0.877 bits per heavy atom. The van der Waals surface area contributed by atoms with Crippen LogP contribution in [0.5, 0.6) is 0 Å². The number of ether oxygens (including phenoxy) is 1. The lowest BCUT2D eigenvalue weighted by atomic mass is 10.0. The molecule has 57 heavy (non-hydrogen) atoms. The van der Waals surface area contributed by atoms with Crippen molar-refractivity contribution in [2.24, 2.45) is 0 Å². The Bertz CT molecular complexity index is 889. The van der Waals surface area contributed by atoms with E-state index in [1.165, 1.54) is 167 Å². The predicted molar refractivity (Wildman–Crippen MR) is 246 cm³/mol. The van der Waals surface area contributed by atoms with Crippen molar-refractivity contribution in [3.05, 3.63) is 24.3 Å². The number of esters is 1. The molecule has 6 nitrogen and oxygen atoms in total. The first-order valence-corrected chi connectivity index (χ1v) is 25.1. The van der Waals surface area contributed by atoms with Crippen molar-refractivity contribution in [1.29, 1.82) is 0 Å². The van der Waals surface area contributed by atoms with E-state index in [9.17, 15) is 19.8 Å². The smallest absolute Gasteiger partial charge is 0.305 e. The van der Waals surface area contributed by atoms with Crippen LogP contribution in [0.3, 0.4) is 0 Å². The number of hydrogen-bond donors (Lipinski definition) is 3. The lowest BCUT2D eigenvalue weighted by molar-refractivity contribution is -0.143. The maximum atomic E-state index is 12.4. The number of aliphatic hydroxyl groups is 2.